The number of hydrogen-bond donors (Lipinski definition) is 2. The summed E-state index contributed by atoms with van der Waals surface area (Å²) in [6, 6.07) is 2.36. The Kier molecular flexibility index (Phi) is 7.64. The van der Waals surface area contributed by atoms with E-state index in [1.165, 1.54) is 6.07 Å². The van der Waals surface area contributed by atoms with E-state index in [1.807, 2.05) is 0 Å². The quantitative estimate of drug-likeness (QED) is 0.747. The van der Waals surface area contributed by atoms with Gasteiger partial charge in [-0.2, -0.15) is 0 Å². The van der Waals surface area contributed by atoms with Crippen LogP contribution in [0.15, 0.2) is 21.5 Å². The van der Waals surface area contributed by atoms with Crippen LogP contribution in [0.5, 0.6) is 0 Å². The lowest BCUT2D eigenvalue weighted by Crippen LogP contribution is -2.27. The van der Waals surface area contributed by atoms with E-state index in [0.717, 1.165) is 12.3 Å². The minimum absolute atomic E-state index is 0. The number of rotatable bonds is 5. The van der Waals surface area contributed by atoms with Gasteiger partial charge in [-0.1, -0.05) is 15.9 Å². The van der Waals surface area contributed by atoms with E-state index in [4.69, 9.17) is 5.73 Å². The second-order valence-electron chi connectivity index (χ2n) is 3.94. The summed E-state index contributed by atoms with van der Waals surface area (Å²) in [6.07, 6.45) is 1.44. The molecule has 0 unspecified atom stereocenters. The van der Waals surface area contributed by atoms with Gasteiger partial charge in [0.2, 0.25) is 0 Å². The first-order chi connectivity index (χ1) is 8.77. The van der Waals surface area contributed by atoms with Crippen molar-refractivity contribution in [1.82, 2.24) is 5.32 Å². The van der Waals surface area contributed by atoms with Crippen molar-refractivity contribution in [2.45, 2.75) is 11.3 Å². The predicted molar refractivity (Wildman–Crippen MR) is 80.5 cm³/mol. The summed E-state index contributed by atoms with van der Waals surface area (Å²) in [7, 11) is -3.74. The Morgan fingerprint density at radius 3 is 2.55 bits per heavy atom. The lowest BCUT2D eigenvalue weighted by Gasteiger charge is -2.09. The maximum absolute atomic E-state index is 14.0. The molecule has 0 aliphatic heterocycles. The highest BCUT2D eigenvalue weighted by Crippen LogP contribution is 2.24. The van der Waals surface area contributed by atoms with Gasteiger partial charge in [-0.15, -0.1) is 12.4 Å². The number of nitrogens with one attached hydrogen (secondary N) is 1. The van der Waals surface area contributed by atoms with Crippen LogP contribution < -0.4 is 11.1 Å². The number of nitrogens with two attached hydrogens (primary N) is 1. The topological polar surface area (TPSA) is 89.3 Å². The molecule has 1 aromatic rings. The zero-order chi connectivity index (χ0) is 14.6. The highest BCUT2D eigenvalue weighted by atomic mass is 79.9. The Bertz CT molecular complexity index is 596. The molecule has 0 saturated carbocycles. The van der Waals surface area contributed by atoms with E-state index >= 15 is 0 Å². The average Bonchev–Trinajstić information content (AvgIpc) is 2.30. The summed E-state index contributed by atoms with van der Waals surface area (Å²) in [5.41, 5.74) is 4.96. The number of halogens is 3. The van der Waals surface area contributed by atoms with Gasteiger partial charge in [-0.05, 0) is 25.1 Å². The largest absolute Gasteiger partial charge is 0.352 e. The van der Waals surface area contributed by atoms with Crippen LogP contribution in [0.3, 0.4) is 0 Å². The molecule has 0 aromatic heterocycles. The first-order valence-electron chi connectivity index (χ1n) is 5.44. The van der Waals surface area contributed by atoms with Crippen molar-refractivity contribution >= 4 is 44.1 Å². The van der Waals surface area contributed by atoms with Crippen molar-refractivity contribution < 1.29 is 17.6 Å². The van der Waals surface area contributed by atoms with Gasteiger partial charge >= 0.3 is 0 Å². The molecule has 0 fully saturated rings. The van der Waals surface area contributed by atoms with Crippen LogP contribution in [-0.2, 0) is 9.84 Å². The molecule has 0 spiro atoms. The minimum Gasteiger partial charge on any atom is -0.352 e. The fraction of sp³-hybridized carbons (Fsp3) is 0.364. The maximum atomic E-state index is 14.0. The van der Waals surface area contributed by atoms with E-state index < -0.39 is 26.5 Å². The smallest absolute Gasteiger partial charge is 0.254 e. The molecule has 0 heterocycles. The minimum atomic E-state index is -3.74. The average molecular weight is 390 g/mol. The lowest BCUT2D eigenvalue weighted by molar-refractivity contribution is 0.0949. The highest BCUT2D eigenvalue weighted by molar-refractivity contribution is 9.10. The van der Waals surface area contributed by atoms with Crippen molar-refractivity contribution in [3.8, 4) is 0 Å². The zero-order valence-electron chi connectivity index (χ0n) is 10.7. The zero-order valence-corrected chi connectivity index (χ0v) is 13.9. The van der Waals surface area contributed by atoms with Crippen LogP contribution in [0.1, 0.15) is 16.8 Å². The van der Waals surface area contributed by atoms with E-state index in [1.54, 1.807) is 0 Å². The lowest BCUT2D eigenvalue weighted by atomic mass is 10.2. The second-order valence-corrected chi connectivity index (χ2v) is 6.84. The van der Waals surface area contributed by atoms with Crippen LogP contribution in [-0.4, -0.2) is 33.7 Å². The molecule has 0 saturated heterocycles. The molecular weight excluding hydrogens is 375 g/mol. The molecule has 9 heteroatoms. The van der Waals surface area contributed by atoms with Gasteiger partial charge in [0.25, 0.3) is 5.91 Å². The third-order valence-corrected chi connectivity index (χ3v) is 3.87. The Morgan fingerprint density at radius 1 is 1.45 bits per heavy atom. The van der Waals surface area contributed by atoms with E-state index in [-0.39, 0.29) is 18.0 Å². The summed E-state index contributed by atoms with van der Waals surface area (Å²) in [5, 5.41) is 2.47. The molecule has 20 heavy (non-hydrogen) atoms. The SMILES string of the molecule is CS(=O)(=O)c1cc(Br)cc(C(=O)NCCCN)c1F.Cl. The van der Waals surface area contributed by atoms with Crippen molar-refractivity contribution in [2.75, 3.05) is 19.3 Å². The van der Waals surface area contributed by atoms with Crippen molar-refractivity contribution in [2.24, 2.45) is 5.73 Å². The monoisotopic (exact) mass is 388 g/mol. The first-order valence-corrected chi connectivity index (χ1v) is 8.13. The molecule has 0 bridgehead atoms. The number of sulfone groups is 1. The van der Waals surface area contributed by atoms with Crippen molar-refractivity contribution in [3.63, 3.8) is 0 Å². The summed E-state index contributed by atoms with van der Waals surface area (Å²) in [6.45, 7) is 0.700. The summed E-state index contributed by atoms with van der Waals surface area (Å²) >= 11 is 3.06. The fourth-order valence-corrected chi connectivity index (χ4v) is 2.78. The molecule has 0 atom stereocenters. The van der Waals surface area contributed by atoms with Crippen LogP contribution in [0.4, 0.5) is 4.39 Å². The Morgan fingerprint density at radius 2 is 2.05 bits per heavy atom. The summed E-state index contributed by atoms with van der Waals surface area (Å²) in [5.74, 6) is -1.71. The van der Waals surface area contributed by atoms with Gasteiger partial charge in [-0.3, -0.25) is 4.79 Å². The third-order valence-electron chi connectivity index (χ3n) is 2.31. The van der Waals surface area contributed by atoms with E-state index in [9.17, 15) is 17.6 Å². The van der Waals surface area contributed by atoms with Gasteiger partial charge in [0.05, 0.1) is 5.56 Å². The molecule has 5 nitrogen and oxygen atoms in total. The summed E-state index contributed by atoms with van der Waals surface area (Å²) in [4.78, 5) is 11.3. The highest BCUT2D eigenvalue weighted by Gasteiger charge is 2.21. The molecule has 0 radical (unpaired) electrons. The van der Waals surface area contributed by atoms with Crippen LogP contribution in [0, 0.1) is 5.82 Å². The number of amides is 1. The van der Waals surface area contributed by atoms with Gasteiger partial charge in [0.15, 0.2) is 15.7 Å². The number of carbonyl (C=O) groups is 1. The van der Waals surface area contributed by atoms with Crippen molar-refractivity contribution in [3.05, 3.63) is 28.0 Å². The molecule has 1 rings (SSSR count). The normalized spacial score (nSPS) is 10.8. The maximum Gasteiger partial charge on any atom is 0.254 e. The van der Waals surface area contributed by atoms with E-state index in [2.05, 4.69) is 21.2 Å². The van der Waals surface area contributed by atoms with Crippen molar-refractivity contribution in [1.29, 1.82) is 0 Å². The summed E-state index contributed by atoms with van der Waals surface area (Å²) < 4.78 is 37.2. The van der Waals surface area contributed by atoms with E-state index in [0.29, 0.717) is 24.0 Å². The molecule has 1 aromatic carbocycles. The molecule has 1 amide bonds. The van der Waals surface area contributed by atoms with Gasteiger partial charge in [0, 0.05) is 17.3 Å². The number of hydrogen-bond acceptors (Lipinski definition) is 4. The molecule has 0 aliphatic rings. The predicted octanol–water partition coefficient (Wildman–Crippen LogP) is 1.49. The fourth-order valence-electron chi connectivity index (χ4n) is 1.40. The van der Waals surface area contributed by atoms with Crippen LogP contribution >= 0.6 is 28.3 Å². The Labute approximate surface area is 131 Å². The number of benzene rings is 1. The van der Waals surface area contributed by atoms with Crippen LogP contribution in [0.2, 0.25) is 0 Å². The Balaban J connectivity index is 0.00000361. The number of carbonyl (C=O) groups excluding carboxylic acids is 1. The van der Waals surface area contributed by atoms with Gasteiger partial charge in [0.1, 0.15) is 4.90 Å². The van der Waals surface area contributed by atoms with Gasteiger partial charge < -0.3 is 11.1 Å². The van der Waals surface area contributed by atoms with Gasteiger partial charge in [-0.25, -0.2) is 12.8 Å². The standard InChI is InChI=1S/C11H14BrFN2O3S.ClH/c1-19(17,18)9-6-7(12)5-8(10(9)13)11(16)15-4-2-3-14;/h5-6H,2-4,14H2,1H3,(H,15,16);1H. The second kappa shape index (κ2) is 7.92. The Hall–Kier alpha value is -0.700. The van der Waals surface area contributed by atoms with Crippen LogP contribution in [0.25, 0.3) is 0 Å². The molecule has 3 N–H and O–H groups in total. The molecule has 114 valence electrons. The first kappa shape index (κ1) is 19.3. The molecule has 0 aliphatic carbocycles. The third kappa shape index (κ3) is 5.01. The molecular formula is C11H15BrClFN2O3S.